The van der Waals surface area contributed by atoms with Crippen molar-refractivity contribution in [2.45, 2.75) is 0 Å². The van der Waals surface area contributed by atoms with Crippen molar-refractivity contribution in [3.8, 4) is 0 Å². The minimum Gasteiger partial charge on any atom is -0.154 e. The van der Waals surface area contributed by atoms with Crippen LogP contribution in [0.5, 0.6) is 0 Å². The van der Waals surface area contributed by atoms with Crippen LogP contribution in [0.25, 0.3) is 0 Å². The predicted molar refractivity (Wildman–Crippen MR) is 75.8 cm³/mol. The zero-order valence-corrected chi connectivity index (χ0v) is 11.4. The van der Waals surface area contributed by atoms with Gasteiger partial charge in [0.2, 0.25) is 0 Å². The van der Waals surface area contributed by atoms with Crippen LogP contribution in [0.3, 0.4) is 0 Å². The van der Waals surface area contributed by atoms with Crippen molar-refractivity contribution < 1.29 is 0 Å². The quantitative estimate of drug-likeness (QED) is 0.409. The highest BCUT2D eigenvalue weighted by atomic mass is 35.5. The van der Waals surface area contributed by atoms with Gasteiger partial charge in [-0.05, 0) is 53.8 Å². The van der Waals surface area contributed by atoms with Crippen LogP contribution in [0.2, 0.25) is 10.0 Å². The standard InChI is InChI=1S/C12H8Cl3N3/c13-9-1-5-11(6-2-9)16-17-18(15)12-7-3-10(14)4-8-12/h1-8H. The molecule has 18 heavy (non-hydrogen) atoms. The average Bonchev–Trinajstić information content (AvgIpc) is 2.38. The molecule has 0 aliphatic heterocycles. The van der Waals surface area contributed by atoms with E-state index < -0.39 is 0 Å². The van der Waals surface area contributed by atoms with Gasteiger partial charge >= 0.3 is 0 Å². The van der Waals surface area contributed by atoms with Crippen molar-refractivity contribution in [1.29, 1.82) is 0 Å². The number of hydrogen-bond donors (Lipinski definition) is 0. The Labute approximate surface area is 120 Å². The Bertz CT molecular complexity index is 537. The normalized spacial score (nSPS) is 10.8. The smallest absolute Gasteiger partial charge is 0.0875 e. The van der Waals surface area contributed by atoms with Crippen LogP contribution < -0.4 is 4.53 Å². The number of hydrogen-bond acceptors (Lipinski definition) is 2. The molecule has 2 aromatic rings. The highest BCUT2D eigenvalue weighted by Gasteiger charge is 2.01. The van der Waals surface area contributed by atoms with Crippen molar-refractivity contribution in [1.82, 2.24) is 0 Å². The second-order valence-corrected chi connectivity index (χ2v) is 4.60. The molecule has 0 saturated heterocycles. The lowest BCUT2D eigenvalue weighted by Crippen LogP contribution is -1.98. The third kappa shape index (κ3) is 3.60. The van der Waals surface area contributed by atoms with E-state index in [0.29, 0.717) is 21.4 Å². The average molecular weight is 301 g/mol. The fourth-order valence-electron chi connectivity index (χ4n) is 1.21. The predicted octanol–water partition coefficient (Wildman–Crippen LogP) is 5.65. The van der Waals surface area contributed by atoms with E-state index in [4.69, 9.17) is 35.0 Å². The molecule has 2 rings (SSSR count). The minimum absolute atomic E-state index is 0.637. The molecule has 0 aromatic heterocycles. The summed E-state index contributed by atoms with van der Waals surface area (Å²) in [7, 11) is 0. The van der Waals surface area contributed by atoms with E-state index in [2.05, 4.69) is 10.3 Å². The van der Waals surface area contributed by atoms with Crippen molar-refractivity contribution in [3.63, 3.8) is 0 Å². The minimum atomic E-state index is 0.637. The first-order valence-electron chi connectivity index (χ1n) is 5.04. The van der Waals surface area contributed by atoms with Gasteiger partial charge in [0.1, 0.15) is 0 Å². The largest absolute Gasteiger partial charge is 0.154 e. The Morgan fingerprint density at radius 3 is 1.83 bits per heavy atom. The molecular weight excluding hydrogens is 293 g/mol. The lowest BCUT2D eigenvalue weighted by Gasteiger charge is -2.07. The molecule has 0 N–H and O–H groups in total. The topological polar surface area (TPSA) is 28.0 Å². The number of anilines is 1. The first-order chi connectivity index (χ1) is 8.65. The molecule has 92 valence electrons. The maximum atomic E-state index is 5.94. The van der Waals surface area contributed by atoms with Crippen LogP contribution in [0, 0.1) is 0 Å². The Morgan fingerprint density at radius 1 is 0.778 bits per heavy atom. The van der Waals surface area contributed by atoms with Crippen LogP contribution in [-0.4, -0.2) is 0 Å². The molecule has 0 atom stereocenters. The van der Waals surface area contributed by atoms with Gasteiger partial charge in [0.05, 0.1) is 11.4 Å². The van der Waals surface area contributed by atoms with Gasteiger partial charge in [-0.15, -0.1) is 5.11 Å². The summed E-state index contributed by atoms with van der Waals surface area (Å²) in [5.41, 5.74) is 1.35. The van der Waals surface area contributed by atoms with E-state index >= 15 is 0 Å². The van der Waals surface area contributed by atoms with Gasteiger partial charge in [-0.1, -0.05) is 23.2 Å². The molecule has 0 heterocycles. The van der Waals surface area contributed by atoms with Crippen molar-refractivity contribution in [3.05, 3.63) is 58.6 Å². The lowest BCUT2D eigenvalue weighted by atomic mass is 10.3. The number of benzene rings is 2. The molecule has 0 saturated carbocycles. The third-order valence-corrected chi connectivity index (χ3v) is 2.87. The summed E-state index contributed by atoms with van der Waals surface area (Å²) in [6.45, 7) is 0. The van der Waals surface area contributed by atoms with E-state index in [1.807, 2.05) is 0 Å². The number of halogens is 3. The van der Waals surface area contributed by atoms with Gasteiger partial charge in [-0.2, -0.15) is 4.53 Å². The van der Waals surface area contributed by atoms with Gasteiger partial charge in [0, 0.05) is 21.8 Å². The molecule has 0 bridgehead atoms. The second-order valence-electron chi connectivity index (χ2n) is 3.40. The summed E-state index contributed by atoms with van der Waals surface area (Å²) < 4.78 is 1.14. The highest BCUT2D eigenvalue weighted by molar-refractivity contribution is 6.31. The molecule has 0 aliphatic rings. The third-order valence-electron chi connectivity index (χ3n) is 2.11. The Balaban J connectivity index is 2.08. The van der Waals surface area contributed by atoms with Crippen LogP contribution in [0.15, 0.2) is 58.9 Å². The van der Waals surface area contributed by atoms with Crippen molar-refractivity contribution in [2.75, 3.05) is 4.53 Å². The summed E-state index contributed by atoms with van der Waals surface area (Å²) >= 11 is 17.5. The SMILES string of the molecule is Clc1ccc(N=NN(Cl)c2ccc(Cl)cc2)cc1. The summed E-state index contributed by atoms with van der Waals surface area (Å²) in [6, 6.07) is 13.9. The molecule has 0 amide bonds. The maximum Gasteiger partial charge on any atom is 0.0875 e. The number of rotatable bonds is 3. The van der Waals surface area contributed by atoms with Crippen LogP contribution >= 0.6 is 35.0 Å². The Kier molecular flexibility index (Phi) is 4.42. The number of nitrogens with zero attached hydrogens (tertiary/aromatic N) is 3. The molecule has 0 fully saturated rings. The van der Waals surface area contributed by atoms with E-state index in [1.165, 1.54) is 0 Å². The van der Waals surface area contributed by atoms with Gasteiger partial charge in [0.25, 0.3) is 0 Å². The molecule has 0 aliphatic carbocycles. The van der Waals surface area contributed by atoms with Gasteiger partial charge in [-0.25, -0.2) is 0 Å². The molecule has 0 radical (unpaired) electrons. The molecular formula is C12H8Cl3N3. The lowest BCUT2D eigenvalue weighted by molar-refractivity contribution is 1.04. The van der Waals surface area contributed by atoms with Crippen molar-refractivity contribution in [2.24, 2.45) is 10.3 Å². The summed E-state index contributed by atoms with van der Waals surface area (Å²) in [6.07, 6.45) is 0. The van der Waals surface area contributed by atoms with Crippen LogP contribution in [0.1, 0.15) is 0 Å². The summed E-state index contributed by atoms with van der Waals surface area (Å²) in [5, 5.41) is 9.12. The molecule has 2 aromatic carbocycles. The van der Waals surface area contributed by atoms with E-state index in [9.17, 15) is 0 Å². The Hall–Kier alpha value is -1.29. The zero-order chi connectivity index (χ0) is 13.0. The van der Waals surface area contributed by atoms with E-state index in [0.717, 1.165) is 4.53 Å². The maximum absolute atomic E-state index is 5.94. The van der Waals surface area contributed by atoms with Crippen LogP contribution in [-0.2, 0) is 0 Å². The first-order valence-corrected chi connectivity index (χ1v) is 6.13. The van der Waals surface area contributed by atoms with Gasteiger partial charge < -0.3 is 0 Å². The van der Waals surface area contributed by atoms with E-state index in [1.54, 1.807) is 48.5 Å². The highest BCUT2D eigenvalue weighted by Crippen LogP contribution is 2.22. The molecule has 0 spiro atoms. The second kappa shape index (κ2) is 6.05. The fraction of sp³-hybridized carbons (Fsp3) is 0. The van der Waals surface area contributed by atoms with E-state index in [-0.39, 0.29) is 0 Å². The van der Waals surface area contributed by atoms with Crippen molar-refractivity contribution >= 4 is 46.4 Å². The van der Waals surface area contributed by atoms with Crippen LogP contribution in [0.4, 0.5) is 11.4 Å². The molecule has 6 heteroatoms. The molecule has 0 unspecified atom stereocenters. The Morgan fingerprint density at radius 2 is 1.28 bits per heavy atom. The fourth-order valence-corrected chi connectivity index (χ4v) is 1.61. The van der Waals surface area contributed by atoms with Gasteiger partial charge in [-0.3, -0.25) is 0 Å². The molecule has 3 nitrogen and oxygen atoms in total. The zero-order valence-electron chi connectivity index (χ0n) is 9.09. The monoisotopic (exact) mass is 299 g/mol. The first kappa shape index (κ1) is 13.1. The van der Waals surface area contributed by atoms with Gasteiger partial charge in [0.15, 0.2) is 0 Å². The summed E-state index contributed by atoms with van der Waals surface area (Å²) in [4.78, 5) is 0. The summed E-state index contributed by atoms with van der Waals surface area (Å²) in [5.74, 6) is 0.